The fourth-order valence-electron chi connectivity index (χ4n) is 0.287. The minimum atomic E-state index is -1.95. The van der Waals surface area contributed by atoms with Gasteiger partial charge in [0, 0.05) is 13.1 Å². The third-order valence-electron chi connectivity index (χ3n) is 0.770. The first-order valence-corrected chi connectivity index (χ1v) is 4.62. The molecule has 0 atom stereocenters. The summed E-state index contributed by atoms with van der Waals surface area (Å²) in [4.78, 5) is 0. The molecule has 0 fully saturated rings. The van der Waals surface area contributed by atoms with E-state index >= 15 is 0 Å². The Morgan fingerprint density at radius 1 is 1.25 bits per heavy atom. The Labute approximate surface area is 84.3 Å². The zero-order chi connectivity index (χ0) is 9.82. The van der Waals surface area contributed by atoms with E-state index in [1.54, 1.807) is 0 Å². The van der Waals surface area contributed by atoms with Crippen molar-refractivity contribution in [1.82, 2.24) is 5.32 Å². The molecule has 0 radical (unpaired) electrons. The molecule has 64 valence electrons. The van der Waals surface area contributed by atoms with Crippen LogP contribution in [-0.4, -0.2) is 43.3 Å². The van der Waals surface area contributed by atoms with Crippen LogP contribution in [-0.2, 0) is 10.3 Å². The van der Waals surface area contributed by atoms with Gasteiger partial charge in [0.1, 0.15) is 0 Å². The number of nitrogens with one attached hydrogen (secondary N) is 1. The van der Waals surface area contributed by atoms with Crippen molar-refractivity contribution < 1.29 is 8.42 Å². The summed E-state index contributed by atoms with van der Waals surface area (Å²) in [5.41, 5.74) is 0. The van der Waals surface area contributed by atoms with E-state index in [4.69, 9.17) is 0 Å². The summed E-state index contributed by atoms with van der Waals surface area (Å²) in [5.74, 6) is 0. The molecule has 0 saturated carbocycles. The molecule has 0 aliphatic carbocycles. The summed E-state index contributed by atoms with van der Waals surface area (Å²) >= 11 is 1.46. The van der Waals surface area contributed by atoms with E-state index in [9.17, 15) is 8.42 Å². The van der Waals surface area contributed by atoms with Gasteiger partial charge >= 0.3 is 40.5 Å². The van der Waals surface area contributed by atoms with Gasteiger partial charge in [0.2, 0.25) is 0 Å². The van der Waals surface area contributed by atoms with Crippen molar-refractivity contribution in [3.8, 4) is 0 Å². The van der Waals surface area contributed by atoms with E-state index in [-0.39, 0.29) is 0 Å². The second-order valence-corrected chi connectivity index (χ2v) is 2.72. The quantitative estimate of drug-likeness (QED) is 0.281. The molecule has 0 aliphatic heterocycles. The van der Waals surface area contributed by atoms with Crippen LogP contribution < -0.4 is 5.32 Å². The molecule has 0 aromatic carbocycles. The van der Waals surface area contributed by atoms with Crippen LogP contribution in [0.15, 0.2) is 25.3 Å². The van der Waals surface area contributed by atoms with Gasteiger partial charge < -0.3 is 5.32 Å². The molecular formula is C7H12LiNO2S. The topological polar surface area (TPSA) is 46.2 Å². The van der Waals surface area contributed by atoms with Crippen molar-refractivity contribution in [2.45, 2.75) is 0 Å². The van der Waals surface area contributed by atoms with E-state index < -0.39 is 10.3 Å². The molecule has 5 heteroatoms. The normalized spacial score (nSPS) is 7.50. The predicted octanol–water partition coefficient (Wildman–Crippen LogP) is -0.258. The average Bonchev–Trinajstić information content (AvgIpc) is 2.07. The fourth-order valence-corrected chi connectivity index (χ4v) is 0.287. The van der Waals surface area contributed by atoms with Crippen LogP contribution in [0.25, 0.3) is 0 Å². The van der Waals surface area contributed by atoms with Crippen molar-refractivity contribution in [3.05, 3.63) is 25.3 Å². The Morgan fingerprint density at radius 3 is 1.75 bits per heavy atom. The Balaban J connectivity index is 0. The summed E-state index contributed by atoms with van der Waals surface area (Å²) in [6, 6.07) is 0. The first-order valence-electron chi connectivity index (χ1n) is 3.49. The zero-order valence-electron chi connectivity index (χ0n) is 7.29. The van der Waals surface area contributed by atoms with Crippen LogP contribution in [0.1, 0.15) is 0 Å². The Kier molecular flexibility index (Phi) is 15.8. The van der Waals surface area contributed by atoms with Gasteiger partial charge in [0.25, 0.3) is 0 Å². The average molecular weight is 181 g/mol. The minimum absolute atomic E-state index is 0.867. The van der Waals surface area contributed by atoms with Gasteiger partial charge in [0.05, 0.1) is 0 Å². The van der Waals surface area contributed by atoms with Crippen molar-refractivity contribution >= 4 is 32.0 Å². The maximum atomic E-state index is 9.31. The molecule has 0 bridgehead atoms. The Bertz CT molecular complexity index is 218. The van der Waals surface area contributed by atoms with Gasteiger partial charge in [-0.25, -0.2) is 0 Å². The van der Waals surface area contributed by atoms with Crippen LogP contribution in [0, 0.1) is 0 Å². The summed E-state index contributed by atoms with van der Waals surface area (Å²) in [6.07, 6.45) is 3.65. The van der Waals surface area contributed by atoms with E-state index in [1.165, 1.54) is 17.7 Å². The van der Waals surface area contributed by atoms with E-state index in [0.717, 1.165) is 17.1 Å². The molecular weight excluding hydrogens is 169 g/mol. The number of hydrogen-bond donors (Lipinski definition) is 1. The van der Waals surface area contributed by atoms with Crippen LogP contribution in [0.2, 0.25) is 0 Å². The van der Waals surface area contributed by atoms with Gasteiger partial charge in [0.15, 0.2) is 0 Å². The monoisotopic (exact) mass is 181 g/mol. The van der Waals surface area contributed by atoms with Crippen LogP contribution in [0.3, 0.4) is 0 Å². The third kappa shape index (κ3) is 22.6. The summed E-state index contributed by atoms with van der Waals surface area (Å²) in [7, 11) is -1.95. The molecule has 12 heavy (non-hydrogen) atoms. The van der Waals surface area contributed by atoms with Gasteiger partial charge in [-0.15, -0.1) is 13.2 Å². The van der Waals surface area contributed by atoms with Crippen molar-refractivity contribution in [2.75, 3.05) is 13.1 Å². The Hall–Kier alpha value is -0.273. The van der Waals surface area contributed by atoms with E-state index in [2.05, 4.69) is 18.5 Å². The predicted molar refractivity (Wildman–Crippen MR) is 54.0 cm³/mol. The zero-order valence-corrected chi connectivity index (χ0v) is 8.10. The standard InChI is InChI=1S/C6H11N.CHO2S.Li/c1-3-5-7-6-4-2;1-4(2)3;/h3-4,7H,1-2,5-6H2;1H;. The molecule has 0 heterocycles. The summed E-state index contributed by atoms with van der Waals surface area (Å²) in [5, 5.41) is 3.05. The first kappa shape index (κ1) is 14.3. The van der Waals surface area contributed by atoms with Gasteiger partial charge in [-0.2, -0.15) is 0 Å². The molecule has 0 aromatic rings. The maximum absolute atomic E-state index is 9.31. The van der Waals surface area contributed by atoms with Gasteiger partial charge in [-0.3, -0.25) is 0 Å². The van der Waals surface area contributed by atoms with Crippen LogP contribution >= 0.6 is 0 Å². The fraction of sp³-hybridized carbons (Fsp3) is 0.286. The van der Waals surface area contributed by atoms with Crippen LogP contribution in [0.4, 0.5) is 0 Å². The molecule has 0 saturated heterocycles. The second kappa shape index (κ2) is 13.3. The molecule has 1 N–H and O–H groups in total. The Morgan fingerprint density at radius 2 is 1.58 bits per heavy atom. The number of rotatable bonds is 4. The number of hydrogen-bond acceptors (Lipinski definition) is 3. The van der Waals surface area contributed by atoms with E-state index in [0.29, 0.717) is 0 Å². The molecule has 0 unspecified atom stereocenters. The van der Waals surface area contributed by atoms with Crippen molar-refractivity contribution in [1.29, 1.82) is 0 Å². The second-order valence-electron chi connectivity index (χ2n) is 1.73. The third-order valence-corrected chi connectivity index (χ3v) is 1.15. The first-order chi connectivity index (χ1) is 5.68. The van der Waals surface area contributed by atoms with Gasteiger partial charge in [-0.1, -0.05) is 12.2 Å². The van der Waals surface area contributed by atoms with Crippen molar-refractivity contribution in [3.63, 3.8) is 0 Å². The molecule has 0 aromatic heterocycles. The van der Waals surface area contributed by atoms with E-state index in [1.807, 2.05) is 12.2 Å². The SMILES string of the molecule is C=CCNCC=C.[Li][CH]=S(=O)=O. The molecule has 3 nitrogen and oxygen atoms in total. The molecule has 0 rings (SSSR count). The molecule has 0 spiro atoms. The van der Waals surface area contributed by atoms with Gasteiger partial charge in [-0.05, 0) is 0 Å². The molecule has 0 aliphatic rings. The summed E-state index contributed by atoms with van der Waals surface area (Å²) in [6.45, 7) is 8.81. The molecule has 0 amide bonds. The van der Waals surface area contributed by atoms with Crippen LogP contribution in [0.5, 0.6) is 0 Å². The summed E-state index contributed by atoms with van der Waals surface area (Å²) < 4.78 is 19.7. The van der Waals surface area contributed by atoms with Crippen molar-refractivity contribution in [2.24, 2.45) is 0 Å².